The molecule has 19 heavy (non-hydrogen) atoms. The average molecular weight is 323 g/mol. The summed E-state index contributed by atoms with van der Waals surface area (Å²) in [6, 6.07) is 9.23. The van der Waals surface area contributed by atoms with Gasteiger partial charge in [0.15, 0.2) is 0 Å². The number of likely N-dealkylation sites (N-methyl/N-ethyl adjacent to an activating group) is 1. The largest absolute Gasteiger partial charge is 0.312 e. The molecule has 0 aliphatic carbocycles. The zero-order valence-corrected chi connectivity index (χ0v) is 12.5. The monoisotopic (exact) mass is 322 g/mol. The molecular formula is C15H16BrFN2. The first kappa shape index (κ1) is 14.2. The van der Waals surface area contributed by atoms with Crippen molar-refractivity contribution in [1.82, 2.24) is 10.3 Å². The molecule has 0 amide bonds. The third-order valence-corrected chi connectivity index (χ3v) is 3.97. The zero-order valence-electron chi connectivity index (χ0n) is 10.9. The average Bonchev–Trinajstić information content (AvgIpc) is 2.45. The van der Waals surface area contributed by atoms with Gasteiger partial charge in [-0.2, -0.15) is 0 Å². The molecule has 1 aromatic carbocycles. The summed E-state index contributed by atoms with van der Waals surface area (Å²) in [5.41, 5.74) is 1.80. The Morgan fingerprint density at radius 3 is 2.53 bits per heavy atom. The Bertz CT molecular complexity index is 545. The third kappa shape index (κ3) is 3.01. The van der Waals surface area contributed by atoms with Crippen LogP contribution in [-0.4, -0.2) is 12.0 Å². The normalized spacial score (nSPS) is 14.1. The van der Waals surface area contributed by atoms with Crippen LogP contribution < -0.4 is 5.32 Å². The maximum absolute atomic E-state index is 14.2. The van der Waals surface area contributed by atoms with Crippen LogP contribution in [0.1, 0.15) is 30.0 Å². The van der Waals surface area contributed by atoms with E-state index in [0.717, 1.165) is 5.56 Å². The van der Waals surface area contributed by atoms with E-state index in [1.54, 1.807) is 18.5 Å². The lowest BCUT2D eigenvalue weighted by Crippen LogP contribution is -2.23. The molecule has 2 nitrogen and oxygen atoms in total. The van der Waals surface area contributed by atoms with Crippen LogP contribution in [0.15, 0.2) is 47.2 Å². The second-order valence-electron chi connectivity index (χ2n) is 4.48. The van der Waals surface area contributed by atoms with Gasteiger partial charge in [-0.05, 0) is 46.7 Å². The molecule has 4 heteroatoms. The van der Waals surface area contributed by atoms with Crippen LogP contribution in [0.4, 0.5) is 4.39 Å². The van der Waals surface area contributed by atoms with Gasteiger partial charge in [0, 0.05) is 29.9 Å². The first-order chi connectivity index (χ1) is 9.15. The van der Waals surface area contributed by atoms with Crippen molar-refractivity contribution >= 4 is 15.9 Å². The van der Waals surface area contributed by atoms with E-state index in [-0.39, 0.29) is 17.8 Å². The quantitative estimate of drug-likeness (QED) is 0.918. The van der Waals surface area contributed by atoms with Crippen LogP contribution >= 0.6 is 15.9 Å². The molecule has 2 atom stereocenters. The van der Waals surface area contributed by atoms with Gasteiger partial charge in [0.2, 0.25) is 0 Å². The molecule has 0 radical (unpaired) electrons. The summed E-state index contributed by atoms with van der Waals surface area (Å²) >= 11 is 3.24. The summed E-state index contributed by atoms with van der Waals surface area (Å²) in [7, 11) is 1.85. The fraction of sp³-hybridized carbons (Fsp3) is 0.267. The highest BCUT2D eigenvalue weighted by Crippen LogP contribution is 2.33. The minimum Gasteiger partial charge on any atom is -0.312 e. The van der Waals surface area contributed by atoms with Crippen molar-refractivity contribution in [3.8, 4) is 0 Å². The summed E-state index contributed by atoms with van der Waals surface area (Å²) in [6.07, 6.45) is 3.52. The van der Waals surface area contributed by atoms with Crippen LogP contribution in [0, 0.1) is 5.82 Å². The van der Waals surface area contributed by atoms with Gasteiger partial charge >= 0.3 is 0 Å². The second-order valence-corrected chi connectivity index (χ2v) is 5.33. The van der Waals surface area contributed by atoms with Crippen molar-refractivity contribution in [1.29, 1.82) is 0 Å². The van der Waals surface area contributed by atoms with E-state index >= 15 is 0 Å². The predicted octanol–water partition coefficient (Wildman–Crippen LogP) is 4.05. The number of nitrogens with one attached hydrogen (secondary N) is 1. The van der Waals surface area contributed by atoms with Crippen molar-refractivity contribution in [2.24, 2.45) is 0 Å². The van der Waals surface area contributed by atoms with E-state index in [0.29, 0.717) is 10.0 Å². The number of halogens is 2. The lowest BCUT2D eigenvalue weighted by molar-refractivity contribution is 0.476. The second kappa shape index (κ2) is 6.26. The van der Waals surface area contributed by atoms with Crippen molar-refractivity contribution in [3.05, 3.63) is 64.1 Å². The Hall–Kier alpha value is -1.26. The molecule has 1 aromatic heterocycles. The minimum atomic E-state index is -0.206. The highest BCUT2D eigenvalue weighted by molar-refractivity contribution is 9.10. The van der Waals surface area contributed by atoms with Gasteiger partial charge in [0.05, 0.1) is 4.47 Å². The smallest absolute Gasteiger partial charge is 0.142 e. The lowest BCUT2D eigenvalue weighted by Gasteiger charge is -2.25. The van der Waals surface area contributed by atoms with Crippen LogP contribution in [0.2, 0.25) is 0 Å². The molecule has 0 saturated carbocycles. The van der Waals surface area contributed by atoms with Crippen LogP contribution in [0.5, 0.6) is 0 Å². The summed E-state index contributed by atoms with van der Waals surface area (Å²) in [4.78, 5) is 4.02. The molecule has 0 fully saturated rings. The molecule has 0 spiro atoms. The molecule has 0 aliphatic heterocycles. The SMILES string of the molecule is CNC(c1cccc(Br)c1F)C(C)c1ccncc1. The molecule has 0 aliphatic rings. The number of nitrogens with zero attached hydrogens (tertiary/aromatic N) is 1. The molecule has 0 bridgehead atoms. The van der Waals surface area contributed by atoms with Gasteiger partial charge in [-0.1, -0.05) is 19.1 Å². The molecule has 100 valence electrons. The van der Waals surface area contributed by atoms with Gasteiger partial charge < -0.3 is 5.32 Å². The lowest BCUT2D eigenvalue weighted by atomic mass is 9.89. The van der Waals surface area contributed by atoms with Crippen molar-refractivity contribution in [3.63, 3.8) is 0 Å². The van der Waals surface area contributed by atoms with E-state index in [2.05, 4.69) is 33.2 Å². The molecule has 1 N–H and O–H groups in total. The highest BCUT2D eigenvalue weighted by Gasteiger charge is 2.22. The maximum Gasteiger partial charge on any atom is 0.142 e. The van der Waals surface area contributed by atoms with Crippen molar-refractivity contribution in [2.75, 3.05) is 7.05 Å². The topological polar surface area (TPSA) is 24.9 Å². The van der Waals surface area contributed by atoms with Crippen LogP contribution in [0.25, 0.3) is 0 Å². The minimum absolute atomic E-state index is 0.0834. The Morgan fingerprint density at radius 1 is 1.21 bits per heavy atom. The first-order valence-corrected chi connectivity index (χ1v) is 6.95. The number of pyridine rings is 1. The fourth-order valence-corrected chi connectivity index (χ4v) is 2.68. The van der Waals surface area contributed by atoms with Crippen molar-refractivity contribution in [2.45, 2.75) is 18.9 Å². The predicted molar refractivity (Wildman–Crippen MR) is 78.6 cm³/mol. The van der Waals surface area contributed by atoms with E-state index < -0.39 is 0 Å². The number of rotatable bonds is 4. The van der Waals surface area contributed by atoms with Gasteiger partial charge in [0.1, 0.15) is 5.82 Å². The molecular weight excluding hydrogens is 307 g/mol. The van der Waals surface area contributed by atoms with Crippen LogP contribution in [-0.2, 0) is 0 Å². The zero-order chi connectivity index (χ0) is 13.8. The summed E-state index contributed by atoms with van der Waals surface area (Å²) in [5.74, 6) is -0.0560. The van der Waals surface area contributed by atoms with Gasteiger partial charge in [-0.15, -0.1) is 0 Å². The molecule has 0 saturated heterocycles. The Morgan fingerprint density at radius 2 is 1.89 bits per heavy atom. The van der Waals surface area contributed by atoms with E-state index in [1.807, 2.05) is 31.3 Å². The highest BCUT2D eigenvalue weighted by atomic mass is 79.9. The van der Waals surface area contributed by atoms with Gasteiger partial charge in [-0.25, -0.2) is 4.39 Å². The number of benzene rings is 1. The van der Waals surface area contributed by atoms with E-state index in [9.17, 15) is 4.39 Å². The van der Waals surface area contributed by atoms with Gasteiger partial charge in [-0.3, -0.25) is 4.98 Å². The van der Waals surface area contributed by atoms with Gasteiger partial charge in [0.25, 0.3) is 0 Å². The molecule has 2 rings (SSSR count). The Labute approximate surface area is 121 Å². The maximum atomic E-state index is 14.2. The van der Waals surface area contributed by atoms with E-state index in [1.165, 1.54) is 0 Å². The third-order valence-electron chi connectivity index (χ3n) is 3.36. The van der Waals surface area contributed by atoms with E-state index in [4.69, 9.17) is 0 Å². The summed E-state index contributed by atoms with van der Waals surface area (Å²) in [5, 5.41) is 3.20. The van der Waals surface area contributed by atoms with Crippen molar-refractivity contribution < 1.29 is 4.39 Å². The number of hydrogen-bond donors (Lipinski definition) is 1. The number of hydrogen-bond acceptors (Lipinski definition) is 2. The Balaban J connectivity index is 2.37. The molecule has 2 aromatic rings. The Kier molecular flexibility index (Phi) is 4.66. The molecule has 2 unspecified atom stereocenters. The standard InChI is InChI=1S/C15H16BrFN2/c1-10(11-6-8-19-9-7-11)15(18-2)12-4-3-5-13(16)14(12)17/h3-10,15,18H,1-2H3. The summed E-state index contributed by atoms with van der Waals surface area (Å²) < 4.78 is 14.7. The first-order valence-electron chi connectivity index (χ1n) is 6.16. The number of aromatic nitrogens is 1. The summed E-state index contributed by atoms with van der Waals surface area (Å²) in [6.45, 7) is 2.08. The van der Waals surface area contributed by atoms with Crippen LogP contribution in [0.3, 0.4) is 0 Å². The fourth-order valence-electron chi connectivity index (χ4n) is 2.29. The molecule has 1 heterocycles.